The number of piperidine rings is 1. The molecule has 33 heavy (non-hydrogen) atoms. The molecule has 2 saturated heterocycles. The number of carbonyl (C=O) groups is 2. The van der Waals surface area contributed by atoms with E-state index in [0.717, 1.165) is 39.1 Å². The van der Waals surface area contributed by atoms with Crippen molar-refractivity contribution in [1.29, 1.82) is 0 Å². The summed E-state index contributed by atoms with van der Waals surface area (Å²) >= 11 is 1.18. The molecule has 0 radical (unpaired) electrons. The minimum Gasteiger partial charge on any atom is -0.450 e. The number of sulfonamides is 1. The summed E-state index contributed by atoms with van der Waals surface area (Å²) in [5.41, 5.74) is -0.370. The molecule has 3 aliphatic heterocycles. The number of thiophene rings is 1. The maximum absolute atomic E-state index is 13.1. The Morgan fingerprint density at radius 2 is 1.88 bits per heavy atom. The average molecular weight is 497 g/mol. The van der Waals surface area contributed by atoms with Gasteiger partial charge >= 0.3 is 5.97 Å². The first-order valence-corrected chi connectivity index (χ1v) is 13.7. The van der Waals surface area contributed by atoms with Crippen molar-refractivity contribution in [3.05, 3.63) is 28.7 Å². The fourth-order valence-electron chi connectivity index (χ4n) is 4.77. The van der Waals surface area contributed by atoms with Crippen LogP contribution in [0, 0.1) is 0 Å². The maximum Gasteiger partial charge on any atom is 0.335 e. The molecule has 1 N–H and O–H groups in total. The summed E-state index contributed by atoms with van der Waals surface area (Å²) < 4.78 is 33.1. The van der Waals surface area contributed by atoms with Crippen LogP contribution >= 0.6 is 11.3 Å². The summed E-state index contributed by atoms with van der Waals surface area (Å²) in [7, 11) is -1.45. The lowest BCUT2D eigenvalue weighted by Gasteiger charge is -2.38. The van der Waals surface area contributed by atoms with Gasteiger partial charge in [0.2, 0.25) is 0 Å². The molecule has 0 atom stereocenters. The van der Waals surface area contributed by atoms with Gasteiger partial charge in [0.15, 0.2) is 0 Å². The fourth-order valence-corrected chi connectivity index (χ4v) is 7.35. The predicted octanol–water partition coefficient (Wildman–Crippen LogP) is 0.898. The highest BCUT2D eigenvalue weighted by Crippen LogP contribution is 2.42. The number of esters is 1. The third-order valence-corrected chi connectivity index (χ3v) is 10.1. The van der Waals surface area contributed by atoms with E-state index in [1.807, 2.05) is 0 Å². The molecule has 4 heterocycles. The second-order valence-electron chi connectivity index (χ2n) is 8.97. The van der Waals surface area contributed by atoms with E-state index in [4.69, 9.17) is 4.74 Å². The number of amides is 1. The van der Waals surface area contributed by atoms with Crippen LogP contribution in [-0.4, -0.2) is 99.4 Å². The first-order chi connectivity index (χ1) is 15.7. The second-order valence-corrected chi connectivity index (χ2v) is 12.1. The van der Waals surface area contributed by atoms with E-state index in [1.165, 1.54) is 15.6 Å². The smallest absolute Gasteiger partial charge is 0.335 e. The van der Waals surface area contributed by atoms with E-state index >= 15 is 0 Å². The Morgan fingerprint density at radius 1 is 1.18 bits per heavy atom. The SMILES string of the molecule is CC1=C(C(=O)NCCCN2CCN(C)CC2)C2(CCN(S(=O)(=O)c3cccs3)CC2)OC1=O. The molecule has 0 bridgehead atoms. The Hall–Kier alpha value is -1.79. The van der Waals surface area contributed by atoms with Crippen LogP contribution in [0.3, 0.4) is 0 Å². The number of rotatable bonds is 7. The lowest BCUT2D eigenvalue weighted by atomic mass is 9.83. The van der Waals surface area contributed by atoms with Crippen LogP contribution in [0.1, 0.15) is 26.2 Å². The molecule has 1 aromatic heterocycles. The van der Waals surface area contributed by atoms with Crippen LogP contribution < -0.4 is 5.32 Å². The normalized spacial score (nSPS) is 22.7. The highest BCUT2D eigenvalue weighted by molar-refractivity contribution is 7.91. The van der Waals surface area contributed by atoms with Crippen molar-refractivity contribution < 1.29 is 22.7 Å². The van der Waals surface area contributed by atoms with Gasteiger partial charge in [-0.1, -0.05) is 6.07 Å². The molecule has 0 aliphatic carbocycles. The molecule has 11 heteroatoms. The number of hydrogen-bond donors (Lipinski definition) is 1. The minimum atomic E-state index is -3.57. The zero-order valence-corrected chi connectivity index (χ0v) is 20.8. The first kappa shape index (κ1) is 24.3. The molecule has 3 aliphatic rings. The topological polar surface area (TPSA) is 99.3 Å². The molecule has 1 amide bonds. The van der Waals surface area contributed by atoms with Crippen LogP contribution in [0.25, 0.3) is 0 Å². The molecule has 0 unspecified atom stereocenters. The maximum atomic E-state index is 13.1. The van der Waals surface area contributed by atoms with Gasteiger partial charge in [0.25, 0.3) is 15.9 Å². The molecule has 9 nitrogen and oxygen atoms in total. The van der Waals surface area contributed by atoms with Gasteiger partial charge in [0.1, 0.15) is 9.81 Å². The Kier molecular flexibility index (Phi) is 7.25. The van der Waals surface area contributed by atoms with Crippen molar-refractivity contribution in [2.24, 2.45) is 0 Å². The summed E-state index contributed by atoms with van der Waals surface area (Å²) in [4.78, 5) is 30.2. The summed E-state index contributed by atoms with van der Waals surface area (Å²) in [5, 5.41) is 4.69. The van der Waals surface area contributed by atoms with Crippen molar-refractivity contribution in [2.45, 2.75) is 36.0 Å². The van der Waals surface area contributed by atoms with Crippen LogP contribution in [0.2, 0.25) is 0 Å². The molecule has 1 aromatic rings. The average Bonchev–Trinajstić information content (AvgIpc) is 3.41. The summed E-state index contributed by atoms with van der Waals surface area (Å²) in [6.07, 6.45) is 1.37. The number of carbonyl (C=O) groups excluding carboxylic acids is 2. The third-order valence-electron chi connectivity index (χ3n) is 6.80. The second kappa shape index (κ2) is 9.83. The van der Waals surface area contributed by atoms with Crippen molar-refractivity contribution in [2.75, 3.05) is 59.4 Å². The van der Waals surface area contributed by atoms with Crippen LogP contribution in [0.5, 0.6) is 0 Å². The Morgan fingerprint density at radius 3 is 2.52 bits per heavy atom. The van der Waals surface area contributed by atoms with Crippen LogP contribution in [0.15, 0.2) is 32.9 Å². The number of piperazine rings is 1. The molecule has 0 aromatic carbocycles. The number of hydrogen-bond acceptors (Lipinski definition) is 8. The highest BCUT2D eigenvalue weighted by atomic mass is 32.2. The number of likely N-dealkylation sites (N-methyl/N-ethyl adjacent to an activating group) is 1. The van der Waals surface area contributed by atoms with Gasteiger partial charge in [0.05, 0.1) is 5.57 Å². The quantitative estimate of drug-likeness (QED) is 0.442. The van der Waals surface area contributed by atoms with Gasteiger partial charge in [-0.05, 0) is 38.4 Å². The van der Waals surface area contributed by atoms with E-state index in [-0.39, 0.29) is 31.8 Å². The van der Waals surface area contributed by atoms with E-state index in [9.17, 15) is 18.0 Å². The third kappa shape index (κ3) is 5.02. The van der Waals surface area contributed by atoms with Crippen molar-refractivity contribution >= 4 is 33.2 Å². The van der Waals surface area contributed by atoms with Crippen molar-refractivity contribution in [3.8, 4) is 0 Å². The van der Waals surface area contributed by atoms with Crippen molar-refractivity contribution in [1.82, 2.24) is 19.4 Å². The highest BCUT2D eigenvalue weighted by Gasteiger charge is 2.52. The Balaban J connectivity index is 1.35. The van der Waals surface area contributed by atoms with E-state index < -0.39 is 21.6 Å². The zero-order valence-electron chi connectivity index (χ0n) is 19.2. The van der Waals surface area contributed by atoms with Crippen LogP contribution in [0.4, 0.5) is 0 Å². The van der Waals surface area contributed by atoms with Crippen molar-refractivity contribution in [3.63, 3.8) is 0 Å². The van der Waals surface area contributed by atoms with Gasteiger partial charge in [-0.15, -0.1) is 11.3 Å². The molecule has 182 valence electrons. The van der Waals surface area contributed by atoms with E-state index in [2.05, 4.69) is 22.2 Å². The fraction of sp³-hybridized carbons (Fsp3) is 0.636. The monoisotopic (exact) mass is 496 g/mol. The lowest BCUT2D eigenvalue weighted by Crippen LogP contribution is -2.50. The molecule has 4 rings (SSSR count). The number of ether oxygens (including phenoxy) is 1. The van der Waals surface area contributed by atoms with Gasteiger partial charge < -0.3 is 19.9 Å². The summed E-state index contributed by atoms with van der Waals surface area (Å²) in [6, 6.07) is 3.30. The van der Waals surface area contributed by atoms with E-state index in [1.54, 1.807) is 24.4 Å². The first-order valence-electron chi connectivity index (χ1n) is 11.4. The molecular formula is C22H32N4O5S2. The number of nitrogens with one attached hydrogen (secondary N) is 1. The molecule has 1 spiro atoms. The van der Waals surface area contributed by atoms with Gasteiger partial charge in [-0.25, -0.2) is 13.2 Å². The molecule has 2 fully saturated rings. The van der Waals surface area contributed by atoms with Crippen LogP contribution in [-0.2, 0) is 24.3 Å². The van der Waals surface area contributed by atoms with Gasteiger partial charge in [0, 0.05) is 64.2 Å². The van der Waals surface area contributed by atoms with Gasteiger partial charge in [-0.3, -0.25) is 4.79 Å². The molecule has 0 saturated carbocycles. The lowest BCUT2D eigenvalue weighted by molar-refractivity contribution is -0.150. The largest absolute Gasteiger partial charge is 0.450 e. The Labute approximate surface area is 199 Å². The van der Waals surface area contributed by atoms with Gasteiger partial charge in [-0.2, -0.15) is 4.31 Å². The standard InChI is InChI=1S/C22H32N4O5S2/c1-17-19(20(27)23-8-4-9-25-14-12-24(2)13-15-25)22(31-21(17)28)6-10-26(11-7-22)33(29,30)18-5-3-16-32-18/h3,5,16H,4,6-15H2,1-2H3,(H,23,27). The molecular weight excluding hydrogens is 464 g/mol. The minimum absolute atomic E-state index is 0.195. The number of nitrogens with zero attached hydrogens (tertiary/aromatic N) is 3. The zero-order chi connectivity index (χ0) is 23.6. The summed E-state index contributed by atoms with van der Waals surface area (Å²) in [5.74, 6) is -0.779. The van der Waals surface area contributed by atoms with E-state index in [0.29, 0.717) is 21.9 Å². The Bertz CT molecular complexity index is 1010. The summed E-state index contributed by atoms with van der Waals surface area (Å²) in [6.45, 7) is 7.62. The predicted molar refractivity (Wildman–Crippen MR) is 125 cm³/mol.